The molecule has 1 aromatic heterocycles. The molecule has 26 heavy (non-hydrogen) atoms. The number of aryl methyl sites for hydroxylation is 1. The third kappa shape index (κ3) is 4.83. The molecule has 2 N–H and O–H groups in total. The maximum atomic E-state index is 12.4. The Kier molecular flexibility index (Phi) is 6.78. The van der Waals surface area contributed by atoms with Crippen LogP contribution >= 0.6 is 12.4 Å². The van der Waals surface area contributed by atoms with Gasteiger partial charge < -0.3 is 10.6 Å². The minimum atomic E-state index is -0.166. The van der Waals surface area contributed by atoms with Crippen molar-refractivity contribution in [1.29, 1.82) is 0 Å². The number of nitrogens with zero attached hydrogens (tertiary/aromatic N) is 3. The van der Waals surface area contributed by atoms with Gasteiger partial charge in [0.1, 0.15) is 0 Å². The van der Waals surface area contributed by atoms with Gasteiger partial charge in [-0.3, -0.25) is 4.79 Å². The molecule has 0 radical (unpaired) electrons. The molecule has 3 rings (SSSR count). The fourth-order valence-corrected chi connectivity index (χ4v) is 3.19. The monoisotopic (exact) mass is 377 g/mol. The molecule has 2 heterocycles. The smallest absolute Gasteiger partial charge is 0.273 e. The Labute approximate surface area is 161 Å². The Morgan fingerprint density at radius 3 is 2.77 bits per heavy atom. The van der Waals surface area contributed by atoms with Gasteiger partial charge in [0.05, 0.1) is 12.2 Å². The van der Waals surface area contributed by atoms with E-state index in [0.29, 0.717) is 18.3 Å². The molecule has 0 aliphatic carbocycles. The summed E-state index contributed by atoms with van der Waals surface area (Å²) < 4.78 is 1.83. The van der Waals surface area contributed by atoms with Crippen molar-refractivity contribution in [3.8, 4) is 0 Å². The summed E-state index contributed by atoms with van der Waals surface area (Å²) in [6.07, 6.45) is 3.81. The number of piperidine rings is 1. The van der Waals surface area contributed by atoms with Crippen LogP contribution in [0.2, 0.25) is 0 Å². The van der Waals surface area contributed by atoms with E-state index in [0.717, 1.165) is 25.9 Å². The Balaban J connectivity index is 0.00000243. The summed E-state index contributed by atoms with van der Waals surface area (Å²) in [5.41, 5.74) is 2.68. The van der Waals surface area contributed by atoms with Crippen molar-refractivity contribution in [3.63, 3.8) is 0 Å². The number of benzene rings is 1. The van der Waals surface area contributed by atoms with E-state index >= 15 is 0 Å². The summed E-state index contributed by atoms with van der Waals surface area (Å²) in [6.45, 7) is 8.86. The lowest BCUT2D eigenvalue weighted by Gasteiger charge is -2.26. The quantitative estimate of drug-likeness (QED) is 0.840. The molecular formula is C19H28ClN5O. The summed E-state index contributed by atoms with van der Waals surface area (Å²) in [6, 6.07) is 8.74. The average molecular weight is 378 g/mol. The first kappa shape index (κ1) is 20.4. The highest BCUT2D eigenvalue weighted by molar-refractivity contribution is 5.91. The van der Waals surface area contributed by atoms with Crippen LogP contribution in [0.25, 0.3) is 0 Å². The lowest BCUT2D eigenvalue weighted by Crippen LogP contribution is -2.36. The highest BCUT2D eigenvalue weighted by atomic mass is 35.5. The van der Waals surface area contributed by atoms with E-state index in [2.05, 4.69) is 66.0 Å². The van der Waals surface area contributed by atoms with Crippen LogP contribution in [0.1, 0.15) is 54.3 Å². The van der Waals surface area contributed by atoms with Crippen LogP contribution in [0.5, 0.6) is 0 Å². The molecule has 0 saturated carbocycles. The number of carbonyl (C=O) groups excluding carboxylic acids is 1. The molecule has 1 aromatic carbocycles. The Morgan fingerprint density at radius 2 is 2.08 bits per heavy atom. The van der Waals surface area contributed by atoms with Crippen molar-refractivity contribution >= 4 is 18.3 Å². The van der Waals surface area contributed by atoms with E-state index in [4.69, 9.17) is 0 Å². The predicted molar refractivity (Wildman–Crippen MR) is 105 cm³/mol. The van der Waals surface area contributed by atoms with Crippen LogP contribution in [0.4, 0.5) is 0 Å². The molecule has 0 unspecified atom stereocenters. The number of hydrogen-bond acceptors (Lipinski definition) is 4. The summed E-state index contributed by atoms with van der Waals surface area (Å²) in [5, 5.41) is 14.5. The minimum Gasteiger partial charge on any atom is -0.350 e. The van der Waals surface area contributed by atoms with Gasteiger partial charge >= 0.3 is 0 Å². The van der Waals surface area contributed by atoms with Crippen molar-refractivity contribution in [2.24, 2.45) is 0 Å². The zero-order chi connectivity index (χ0) is 17.9. The molecule has 7 heteroatoms. The number of rotatable bonds is 5. The molecule has 142 valence electrons. The van der Waals surface area contributed by atoms with Gasteiger partial charge in [-0.05, 0) is 38.4 Å². The van der Waals surface area contributed by atoms with Crippen LogP contribution in [-0.2, 0) is 5.41 Å². The first-order chi connectivity index (χ1) is 12.0. The van der Waals surface area contributed by atoms with Crippen molar-refractivity contribution in [3.05, 3.63) is 47.3 Å². The molecule has 0 spiro atoms. The van der Waals surface area contributed by atoms with Gasteiger partial charge in [-0.2, -0.15) is 0 Å². The van der Waals surface area contributed by atoms with E-state index in [-0.39, 0.29) is 23.7 Å². The van der Waals surface area contributed by atoms with Gasteiger partial charge in [0.2, 0.25) is 0 Å². The molecule has 1 saturated heterocycles. The topological polar surface area (TPSA) is 71.8 Å². The van der Waals surface area contributed by atoms with Gasteiger partial charge in [-0.15, -0.1) is 17.5 Å². The Hall–Kier alpha value is -1.92. The van der Waals surface area contributed by atoms with Gasteiger partial charge in [0, 0.05) is 12.0 Å². The summed E-state index contributed by atoms with van der Waals surface area (Å²) >= 11 is 0. The van der Waals surface area contributed by atoms with Crippen molar-refractivity contribution in [2.75, 3.05) is 19.6 Å². The summed E-state index contributed by atoms with van der Waals surface area (Å²) in [4.78, 5) is 12.4. The number of halogens is 1. The molecule has 0 atom stereocenters. The van der Waals surface area contributed by atoms with Gasteiger partial charge in [0.15, 0.2) is 5.69 Å². The third-order valence-corrected chi connectivity index (χ3v) is 4.92. The van der Waals surface area contributed by atoms with Crippen LogP contribution in [0, 0.1) is 6.92 Å². The zero-order valence-corrected chi connectivity index (χ0v) is 16.5. The van der Waals surface area contributed by atoms with Crippen molar-refractivity contribution < 1.29 is 4.79 Å². The van der Waals surface area contributed by atoms with Crippen LogP contribution in [-0.4, -0.2) is 40.5 Å². The van der Waals surface area contributed by atoms with Crippen LogP contribution in [0.15, 0.2) is 30.5 Å². The highest BCUT2D eigenvalue weighted by Gasteiger charge is 2.23. The molecule has 1 aliphatic rings. The molecular weight excluding hydrogens is 350 g/mol. The SMILES string of the molecule is Cc1cccc(C(C)(C)CNC(=O)c2cn(C3CCNCC3)nn2)c1.Cl. The third-order valence-electron chi connectivity index (χ3n) is 4.92. The van der Waals surface area contributed by atoms with E-state index < -0.39 is 0 Å². The summed E-state index contributed by atoms with van der Waals surface area (Å²) in [5.74, 6) is -0.166. The average Bonchev–Trinajstić information content (AvgIpc) is 3.11. The van der Waals surface area contributed by atoms with Gasteiger partial charge in [-0.25, -0.2) is 4.68 Å². The molecule has 1 amide bonds. The second kappa shape index (κ2) is 8.64. The Bertz CT molecular complexity index is 737. The van der Waals surface area contributed by atoms with E-state index in [1.54, 1.807) is 6.20 Å². The molecule has 0 bridgehead atoms. The first-order valence-corrected chi connectivity index (χ1v) is 8.93. The maximum absolute atomic E-state index is 12.4. The van der Waals surface area contributed by atoms with E-state index in [9.17, 15) is 4.79 Å². The molecule has 6 nitrogen and oxygen atoms in total. The lowest BCUT2D eigenvalue weighted by molar-refractivity contribution is 0.0940. The predicted octanol–water partition coefficient (Wildman–Crippen LogP) is 2.64. The van der Waals surface area contributed by atoms with Gasteiger partial charge in [-0.1, -0.05) is 48.9 Å². The van der Waals surface area contributed by atoms with Crippen molar-refractivity contribution in [2.45, 2.75) is 45.1 Å². The number of aromatic nitrogens is 3. The van der Waals surface area contributed by atoms with E-state index in [1.807, 2.05) is 4.68 Å². The standard InChI is InChI=1S/C19H27N5O.ClH/c1-14-5-4-6-15(11-14)19(2,3)13-21-18(25)17-12-24(23-22-17)16-7-9-20-10-8-16;/h4-6,11-12,16,20H,7-10,13H2,1-3H3,(H,21,25);1H. The van der Waals surface area contributed by atoms with Crippen molar-refractivity contribution in [1.82, 2.24) is 25.6 Å². The normalized spacial score (nSPS) is 15.3. The van der Waals surface area contributed by atoms with E-state index in [1.165, 1.54) is 11.1 Å². The minimum absolute atomic E-state index is 0. The molecule has 1 aliphatic heterocycles. The van der Waals surface area contributed by atoms with Gasteiger partial charge in [0.25, 0.3) is 5.91 Å². The second-order valence-corrected chi connectivity index (χ2v) is 7.50. The summed E-state index contributed by atoms with van der Waals surface area (Å²) in [7, 11) is 0. The second-order valence-electron chi connectivity index (χ2n) is 7.50. The fraction of sp³-hybridized carbons (Fsp3) is 0.526. The lowest BCUT2D eigenvalue weighted by atomic mass is 9.84. The number of hydrogen-bond donors (Lipinski definition) is 2. The molecule has 1 fully saturated rings. The van der Waals surface area contributed by atoms with Crippen LogP contribution < -0.4 is 10.6 Å². The first-order valence-electron chi connectivity index (χ1n) is 8.93. The molecule has 2 aromatic rings. The largest absolute Gasteiger partial charge is 0.350 e. The van der Waals surface area contributed by atoms with Crippen LogP contribution in [0.3, 0.4) is 0 Å². The number of nitrogens with one attached hydrogen (secondary N) is 2. The Morgan fingerprint density at radius 1 is 1.35 bits per heavy atom. The fourth-order valence-electron chi connectivity index (χ4n) is 3.19. The maximum Gasteiger partial charge on any atom is 0.273 e. The number of amides is 1. The zero-order valence-electron chi connectivity index (χ0n) is 15.7. The number of carbonyl (C=O) groups is 1. The highest BCUT2D eigenvalue weighted by Crippen LogP contribution is 2.23.